The van der Waals surface area contributed by atoms with Crippen molar-refractivity contribution in [3.8, 4) is 22.6 Å². The molecule has 0 aliphatic carbocycles. The number of benzene rings is 5. The molecule has 0 saturated carbocycles. The molecule has 0 unspecified atom stereocenters. The predicted octanol–water partition coefficient (Wildman–Crippen LogP) is 8.65. The zero-order chi connectivity index (χ0) is 26.9. The first-order chi connectivity index (χ1) is 20.3. The number of ether oxygens (including phenoxy) is 1. The number of rotatable bonds is 3. The van der Waals surface area contributed by atoms with Crippen LogP contribution in [0.15, 0.2) is 122 Å². The fourth-order valence-corrected chi connectivity index (χ4v) is 6.03. The van der Waals surface area contributed by atoms with Crippen molar-refractivity contribution in [1.82, 2.24) is 18.8 Å². The van der Waals surface area contributed by atoms with Crippen molar-refractivity contribution in [3.63, 3.8) is 0 Å². The van der Waals surface area contributed by atoms with Crippen LogP contribution in [0.4, 0.5) is 0 Å². The Morgan fingerprint density at radius 2 is 1.10 bits per heavy atom. The van der Waals surface area contributed by atoms with Crippen LogP contribution in [0.2, 0.25) is 0 Å². The van der Waals surface area contributed by atoms with Gasteiger partial charge in [0.2, 0.25) is 0 Å². The second-order valence-electron chi connectivity index (χ2n) is 10.2. The number of imidazole rings is 2. The molecule has 5 nitrogen and oxygen atoms in total. The molecule has 0 spiro atoms. The Balaban J connectivity index is 0.00000267. The van der Waals surface area contributed by atoms with Crippen LogP contribution in [-0.2, 0) is 21.1 Å². The Morgan fingerprint density at radius 1 is 0.524 bits per heavy atom. The van der Waals surface area contributed by atoms with Gasteiger partial charge in [0.1, 0.15) is 0 Å². The van der Waals surface area contributed by atoms with Crippen molar-refractivity contribution < 1.29 is 25.8 Å². The summed E-state index contributed by atoms with van der Waals surface area (Å²) in [5.74, 6) is 1.22. The van der Waals surface area contributed by atoms with E-state index in [-0.39, 0.29) is 21.1 Å². The smallest absolute Gasteiger partial charge is 0.497 e. The molecule has 5 aromatic carbocycles. The van der Waals surface area contributed by atoms with Gasteiger partial charge in [-0.25, -0.2) is 0 Å². The van der Waals surface area contributed by atoms with Crippen molar-refractivity contribution in [2.75, 3.05) is 0 Å². The summed E-state index contributed by atoms with van der Waals surface area (Å²) < 4.78 is 10.6. The van der Waals surface area contributed by atoms with Crippen molar-refractivity contribution in [2.45, 2.75) is 0 Å². The summed E-state index contributed by atoms with van der Waals surface area (Å²) in [6.07, 6.45) is 7.65. The Bertz CT molecular complexity index is 2460. The van der Waals surface area contributed by atoms with E-state index in [1.54, 1.807) is 0 Å². The van der Waals surface area contributed by atoms with Gasteiger partial charge in [-0.3, -0.25) is 9.97 Å². The van der Waals surface area contributed by atoms with Crippen LogP contribution < -0.4 is 4.74 Å². The first-order valence-corrected chi connectivity index (χ1v) is 13.5. The molecule has 9 rings (SSSR count). The van der Waals surface area contributed by atoms with Gasteiger partial charge in [0.25, 0.3) is 0 Å². The molecule has 0 atom stereocenters. The fourth-order valence-electron chi connectivity index (χ4n) is 6.03. The summed E-state index contributed by atoms with van der Waals surface area (Å²) in [4.78, 5) is 9.33. The third-order valence-electron chi connectivity index (χ3n) is 7.89. The number of hydrogen-bond donors (Lipinski definition) is 0. The summed E-state index contributed by atoms with van der Waals surface area (Å²) in [5.41, 5.74) is 6.27. The molecule has 4 aromatic heterocycles. The summed E-state index contributed by atoms with van der Waals surface area (Å²) in [6.45, 7) is 0. The first-order valence-electron chi connectivity index (χ1n) is 13.5. The molecule has 4 heterocycles. The molecule has 6 heteroatoms. The van der Waals surface area contributed by atoms with E-state index in [4.69, 9.17) is 9.72 Å². The number of aromatic nitrogens is 4. The van der Waals surface area contributed by atoms with Gasteiger partial charge in [-0.1, -0.05) is 106 Å². The van der Waals surface area contributed by atoms with E-state index < -0.39 is 0 Å². The molecular weight excluding hydrogens is 700 g/mol. The Hall–Kier alpha value is -4.99. The average Bonchev–Trinajstić information content (AvgIpc) is 3.73. The molecule has 0 fully saturated rings. The van der Waals surface area contributed by atoms with E-state index in [1.165, 1.54) is 11.1 Å². The number of fused-ring (bicyclic) bond motifs is 12. The van der Waals surface area contributed by atoms with E-state index >= 15 is 0 Å². The normalized spacial score (nSPS) is 11.6. The van der Waals surface area contributed by atoms with E-state index in [0.29, 0.717) is 11.5 Å². The van der Waals surface area contributed by atoms with Gasteiger partial charge in [-0.05, 0) is 34.0 Å². The second kappa shape index (κ2) is 9.54. The first kappa shape index (κ1) is 24.8. The zero-order valence-corrected chi connectivity index (χ0v) is 24.3. The molecule has 0 saturated heterocycles. The number of pyridine rings is 2. The van der Waals surface area contributed by atoms with Crippen LogP contribution in [0.1, 0.15) is 0 Å². The monoisotopic (exact) mass is 719 g/mol. The largest absolute Gasteiger partial charge is 2.00 e. The minimum absolute atomic E-state index is 0. The molecule has 0 aliphatic rings. The number of hydrogen-bond acceptors (Lipinski definition) is 3. The van der Waals surface area contributed by atoms with Gasteiger partial charge in [0.05, 0.1) is 11.3 Å². The van der Waals surface area contributed by atoms with E-state index in [2.05, 4.69) is 98.7 Å². The molecule has 200 valence electrons. The maximum absolute atomic E-state index is 6.36. The minimum Gasteiger partial charge on any atom is -0.497 e. The average molecular weight is 720 g/mol. The van der Waals surface area contributed by atoms with E-state index in [0.717, 1.165) is 54.6 Å². The third kappa shape index (κ3) is 3.67. The standard InChI is InChI=1S/C36H20N4O.Pt/c1-2-6-23(7-3-1)24-10-13-30-28-15-12-26(22-32(28)36-38-17-19-40(36)34(30)20-24)41-25-11-14-27-29-8-4-5-9-33(29)39-18-16-37-35(39)31(27)21-25;/h1-20H;/q-2;+2. The fraction of sp³-hybridized carbons (Fsp3) is 0. The Labute approximate surface area is 254 Å². The van der Waals surface area contributed by atoms with Crippen LogP contribution in [-0.4, -0.2) is 18.8 Å². The van der Waals surface area contributed by atoms with E-state index in [1.807, 2.05) is 49.1 Å². The molecule has 0 N–H and O–H groups in total. The van der Waals surface area contributed by atoms with Crippen molar-refractivity contribution in [1.29, 1.82) is 0 Å². The van der Waals surface area contributed by atoms with Gasteiger partial charge in [-0.15, -0.1) is 12.1 Å². The molecule has 9 aromatic rings. The van der Waals surface area contributed by atoms with Crippen LogP contribution in [0, 0.1) is 12.1 Å². The van der Waals surface area contributed by atoms with Gasteiger partial charge >= 0.3 is 21.1 Å². The van der Waals surface area contributed by atoms with Crippen molar-refractivity contribution in [2.24, 2.45) is 0 Å². The minimum atomic E-state index is 0. The van der Waals surface area contributed by atoms with Crippen LogP contribution >= 0.6 is 0 Å². The Morgan fingerprint density at radius 3 is 1.79 bits per heavy atom. The molecule has 0 amide bonds. The van der Waals surface area contributed by atoms with Crippen molar-refractivity contribution in [3.05, 3.63) is 134 Å². The van der Waals surface area contributed by atoms with Crippen LogP contribution in [0.5, 0.6) is 11.5 Å². The zero-order valence-electron chi connectivity index (χ0n) is 22.1. The van der Waals surface area contributed by atoms with Crippen LogP contribution in [0.25, 0.3) is 65.8 Å². The van der Waals surface area contributed by atoms with Gasteiger partial charge in [-0.2, -0.15) is 0 Å². The summed E-state index contributed by atoms with van der Waals surface area (Å²) in [6, 6.07) is 40.5. The molecule has 0 bridgehead atoms. The second-order valence-corrected chi connectivity index (χ2v) is 10.2. The quantitative estimate of drug-likeness (QED) is 0.136. The SMILES string of the molecule is [Pt+2].[c-]1c(Oc2[c-]c3c(cc2)c2ccc(-c4ccccc4)cc2n2ccnc32)ccc2c1c1nccn1c1ccccc21. The summed E-state index contributed by atoms with van der Waals surface area (Å²) in [7, 11) is 0. The van der Waals surface area contributed by atoms with E-state index in [9.17, 15) is 0 Å². The number of para-hydroxylation sites is 1. The molecule has 42 heavy (non-hydrogen) atoms. The predicted molar refractivity (Wildman–Crippen MR) is 164 cm³/mol. The maximum atomic E-state index is 6.36. The summed E-state index contributed by atoms with van der Waals surface area (Å²) in [5, 5.41) is 6.29. The van der Waals surface area contributed by atoms with Gasteiger partial charge < -0.3 is 13.5 Å². The van der Waals surface area contributed by atoms with Gasteiger partial charge in [0, 0.05) is 47.3 Å². The maximum Gasteiger partial charge on any atom is 2.00 e. The topological polar surface area (TPSA) is 43.8 Å². The molecule has 0 aliphatic heterocycles. The van der Waals surface area contributed by atoms with Crippen LogP contribution in [0.3, 0.4) is 0 Å². The van der Waals surface area contributed by atoms with Crippen molar-refractivity contribution >= 4 is 54.6 Å². The molecule has 0 radical (unpaired) electrons. The summed E-state index contributed by atoms with van der Waals surface area (Å²) >= 11 is 0. The molecular formula is C36H20N4OPt. The number of nitrogens with zero attached hydrogens (tertiary/aromatic N) is 4. The third-order valence-corrected chi connectivity index (χ3v) is 7.89. The van der Waals surface area contributed by atoms with Gasteiger partial charge in [0.15, 0.2) is 0 Å². The Kier molecular flexibility index (Phi) is 5.63.